The molecule has 2 aliphatic heterocycles. The third-order valence-electron chi connectivity index (χ3n) is 2.14. The molecule has 2 bridgehead atoms. The molecule has 5 heteroatoms. The lowest BCUT2D eigenvalue weighted by atomic mass is 10.0. The van der Waals surface area contributed by atoms with Gasteiger partial charge < -0.3 is 19.7 Å². The van der Waals surface area contributed by atoms with Gasteiger partial charge in [-0.05, 0) is 0 Å². The molecule has 2 fully saturated rings. The Morgan fingerprint density at radius 1 is 1.73 bits per heavy atom. The lowest BCUT2D eigenvalue weighted by Gasteiger charge is -2.23. The number of esters is 1. The molecule has 0 radical (unpaired) electrons. The van der Waals surface area contributed by atoms with Crippen LogP contribution < -0.4 is 0 Å². The smallest absolute Gasteiger partial charge is 0.338 e. The summed E-state index contributed by atoms with van der Waals surface area (Å²) in [6.45, 7) is -0.308. The summed E-state index contributed by atoms with van der Waals surface area (Å²) < 4.78 is 9.63. The van der Waals surface area contributed by atoms with Gasteiger partial charge in [0.05, 0.1) is 13.2 Å². The van der Waals surface area contributed by atoms with Gasteiger partial charge in [0.2, 0.25) is 0 Å². The van der Waals surface area contributed by atoms with E-state index in [4.69, 9.17) is 14.6 Å². The summed E-state index contributed by atoms with van der Waals surface area (Å²) in [5.41, 5.74) is -1.18. The van der Waals surface area contributed by atoms with Gasteiger partial charge in [-0.25, -0.2) is 4.79 Å². The van der Waals surface area contributed by atoms with Crippen LogP contribution in [0.5, 0.6) is 0 Å². The third kappa shape index (κ3) is 0.675. The number of aliphatic hydroxyl groups excluding tert-OH is 2. The van der Waals surface area contributed by atoms with E-state index in [2.05, 4.69) is 0 Å². The second kappa shape index (κ2) is 1.94. The van der Waals surface area contributed by atoms with Gasteiger partial charge >= 0.3 is 5.97 Å². The highest BCUT2D eigenvalue weighted by atomic mass is 16.7. The molecule has 2 heterocycles. The predicted molar refractivity (Wildman–Crippen MR) is 31.7 cm³/mol. The van der Waals surface area contributed by atoms with Gasteiger partial charge in [0, 0.05) is 0 Å². The summed E-state index contributed by atoms with van der Waals surface area (Å²) in [6, 6.07) is 0. The van der Waals surface area contributed by atoms with Crippen molar-refractivity contribution in [1.29, 1.82) is 0 Å². The van der Waals surface area contributed by atoms with E-state index in [0.29, 0.717) is 0 Å². The molecular weight excluding hydrogens is 152 g/mol. The van der Waals surface area contributed by atoms with Crippen LogP contribution in [0.15, 0.2) is 0 Å². The fourth-order valence-corrected chi connectivity index (χ4v) is 1.40. The lowest BCUT2D eigenvalue weighted by molar-refractivity contribution is -0.175. The minimum atomic E-state index is -1.18. The molecule has 0 aromatic heterocycles. The first kappa shape index (κ1) is 7.02. The van der Waals surface area contributed by atoms with E-state index in [-0.39, 0.29) is 6.61 Å². The fourth-order valence-electron chi connectivity index (χ4n) is 1.40. The van der Waals surface area contributed by atoms with Crippen molar-refractivity contribution in [3.8, 4) is 0 Å². The SMILES string of the molecule is O=C1O[C@@]2(CO)CO[C@@H]1[C@@H]2O. The van der Waals surface area contributed by atoms with Crippen LogP contribution in [0, 0.1) is 0 Å². The molecule has 0 spiro atoms. The maximum absolute atomic E-state index is 10.8. The first-order valence-corrected chi connectivity index (χ1v) is 3.33. The third-order valence-corrected chi connectivity index (χ3v) is 2.14. The Balaban J connectivity index is 2.31. The monoisotopic (exact) mass is 160 g/mol. The summed E-state index contributed by atoms with van der Waals surface area (Å²) in [5.74, 6) is -0.585. The van der Waals surface area contributed by atoms with E-state index in [9.17, 15) is 9.90 Å². The van der Waals surface area contributed by atoms with Gasteiger partial charge in [-0.3, -0.25) is 0 Å². The summed E-state index contributed by atoms with van der Waals surface area (Å²) in [4.78, 5) is 10.8. The summed E-state index contributed by atoms with van der Waals surface area (Å²) in [5, 5.41) is 18.1. The highest BCUT2D eigenvalue weighted by Gasteiger charge is 2.61. The van der Waals surface area contributed by atoms with Crippen LogP contribution in [0.2, 0.25) is 0 Å². The van der Waals surface area contributed by atoms with Gasteiger partial charge in [0.1, 0.15) is 6.10 Å². The first-order chi connectivity index (χ1) is 5.19. The maximum Gasteiger partial charge on any atom is 0.338 e. The average Bonchev–Trinajstić information content (AvgIpc) is 2.42. The van der Waals surface area contributed by atoms with Gasteiger partial charge in [-0.1, -0.05) is 0 Å². The Labute approximate surface area is 62.5 Å². The van der Waals surface area contributed by atoms with Crippen molar-refractivity contribution in [2.75, 3.05) is 13.2 Å². The molecule has 0 unspecified atom stereocenters. The van der Waals surface area contributed by atoms with E-state index in [0.717, 1.165) is 0 Å². The summed E-state index contributed by atoms with van der Waals surface area (Å²) in [7, 11) is 0. The number of carbonyl (C=O) groups is 1. The van der Waals surface area contributed by atoms with Crippen LogP contribution in [0.3, 0.4) is 0 Å². The molecular formula is C6H8O5. The van der Waals surface area contributed by atoms with Crippen molar-refractivity contribution in [3.05, 3.63) is 0 Å². The minimum Gasteiger partial charge on any atom is -0.449 e. The molecule has 11 heavy (non-hydrogen) atoms. The van der Waals surface area contributed by atoms with Crippen molar-refractivity contribution in [1.82, 2.24) is 0 Å². The second-order valence-corrected chi connectivity index (χ2v) is 2.82. The number of hydrogen-bond acceptors (Lipinski definition) is 5. The summed E-state index contributed by atoms with van der Waals surface area (Å²) in [6.07, 6.45) is -1.90. The normalized spacial score (nSPS) is 48.0. The van der Waals surface area contributed by atoms with E-state index in [1.54, 1.807) is 0 Å². The van der Waals surface area contributed by atoms with Crippen molar-refractivity contribution in [2.45, 2.75) is 17.8 Å². The van der Waals surface area contributed by atoms with Gasteiger partial charge in [-0.15, -0.1) is 0 Å². The average molecular weight is 160 g/mol. The topological polar surface area (TPSA) is 76.0 Å². The number of ether oxygens (including phenoxy) is 2. The van der Waals surface area contributed by atoms with Crippen LogP contribution in [0.1, 0.15) is 0 Å². The molecule has 0 aromatic carbocycles. The fraction of sp³-hybridized carbons (Fsp3) is 0.833. The molecule has 3 atom stereocenters. The van der Waals surface area contributed by atoms with Crippen molar-refractivity contribution >= 4 is 5.97 Å². The Morgan fingerprint density at radius 2 is 2.45 bits per heavy atom. The van der Waals surface area contributed by atoms with Crippen molar-refractivity contribution in [2.24, 2.45) is 0 Å². The van der Waals surface area contributed by atoms with E-state index in [1.165, 1.54) is 0 Å². The standard InChI is InChI=1S/C6H8O5/c7-1-6-2-10-3(4(6)8)5(9)11-6/h3-4,7-8H,1-2H2/t3-,4+,6+/m1/s1. The molecule has 0 saturated carbocycles. The zero-order chi connectivity index (χ0) is 8.06. The molecule has 62 valence electrons. The Kier molecular flexibility index (Phi) is 1.24. The first-order valence-electron chi connectivity index (χ1n) is 3.33. The Morgan fingerprint density at radius 3 is 2.73 bits per heavy atom. The van der Waals surface area contributed by atoms with Gasteiger partial charge in [-0.2, -0.15) is 0 Å². The molecule has 5 nitrogen and oxygen atoms in total. The van der Waals surface area contributed by atoms with Crippen LogP contribution >= 0.6 is 0 Å². The Hall–Kier alpha value is -0.650. The van der Waals surface area contributed by atoms with Crippen LogP contribution in [-0.2, 0) is 14.3 Å². The number of aliphatic hydroxyl groups is 2. The predicted octanol–water partition coefficient (Wildman–Crippen LogP) is -1.97. The van der Waals surface area contributed by atoms with Gasteiger partial charge in [0.25, 0.3) is 0 Å². The molecule has 2 saturated heterocycles. The van der Waals surface area contributed by atoms with Crippen LogP contribution in [0.25, 0.3) is 0 Å². The number of hydrogen-bond donors (Lipinski definition) is 2. The molecule has 2 rings (SSSR count). The zero-order valence-corrected chi connectivity index (χ0v) is 5.69. The molecule has 0 aliphatic carbocycles. The van der Waals surface area contributed by atoms with Crippen LogP contribution in [-0.4, -0.2) is 47.2 Å². The van der Waals surface area contributed by atoms with Crippen molar-refractivity contribution in [3.63, 3.8) is 0 Å². The number of rotatable bonds is 1. The van der Waals surface area contributed by atoms with Crippen LogP contribution in [0.4, 0.5) is 0 Å². The molecule has 0 amide bonds. The van der Waals surface area contributed by atoms with Crippen molar-refractivity contribution < 1.29 is 24.5 Å². The zero-order valence-electron chi connectivity index (χ0n) is 5.69. The minimum absolute atomic E-state index is 0.0844. The largest absolute Gasteiger partial charge is 0.449 e. The highest BCUT2D eigenvalue weighted by molar-refractivity contribution is 5.80. The second-order valence-electron chi connectivity index (χ2n) is 2.82. The highest BCUT2D eigenvalue weighted by Crippen LogP contribution is 2.35. The van der Waals surface area contributed by atoms with Gasteiger partial charge in [0.15, 0.2) is 11.7 Å². The summed E-state index contributed by atoms with van der Waals surface area (Å²) >= 11 is 0. The molecule has 2 N–H and O–H groups in total. The maximum atomic E-state index is 10.8. The van der Waals surface area contributed by atoms with E-state index < -0.39 is 30.4 Å². The Bertz CT molecular complexity index is 203. The quantitative estimate of drug-likeness (QED) is 0.435. The molecule has 0 aromatic rings. The number of carbonyl (C=O) groups excluding carboxylic acids is 1. The van der Waals surface area contributed by atoms with E-state index in [1.807, 2.05) is 0 Å². The lowest BCUT2D eigenvalue weighted by Crippen LogP contribution is -2.43. The molecule has 2 aliphatic rings. The van der Waals surface area contributed by atoms with E-state index >= 15 is 0 Å². The number of fused-ring (bicyclic) bond motifs is 2.